The number of nitrogens with one attached hydrogen (secondary N) is 1. The van der Waals surface area contributed by atoms with Crippen LogP contribution in [0, 0.1) is 17.8 Å². The number of nitrogens with two attached hydrogens (primary N) is 1. The smallest absolute Gasteiger partial charge is 0.410 e. The number of aryl methyl sites for hydroxylation is 1. The highest BCUT2D eigenvalue weighted by molar-refractivity contribution is 6.00. The number of hydrogen-bond donors (Lipinski definition) is 3. The molecule has 0 unspecified atom stereocenters. The van der Waals surface area contributed by atoms with Gasteiger partial charge in [0, 0.05) is 55.9 Å². The second-order valence-corrected chi connectivity index (χ2v) is 17.9. The van der Waals surface area contributed by atoms with Crippen molar-refractivity contribution in [3.05, 3.63) is 30.5 Å². The van der Waals surface area contributed by atoms with E-state index in [4.69, 9.17) is 29.4 Å². The van der Waals surface area contributed by atoms with E-state index < -0.39 is 84.2 Å². The Morgan fingerprint density at radius 3 is 2.48 bits per heavy atom. The number of halogens is 1. The number of Topliss-reactive ketones (excluding diaryl/α,β-unsaturated/α-hetero) is 1. The lowest BCUT2D eigenvalue weighted by molar-refractivity contribution is -0.295. The summed E-state index contributed by atoms with van der Waals surface area (Å²) in [4.78, 5) is 45.7. The van der Waals surface area contributed by atoms with E-state index in [9.17, 15) is 23.9 Å². The number of ether oxygens (including phenoxy) is 5. The first-order valence-corrected chi connectivity index (χ1v) is 21.3. The van der Waals surface area contributed by atoms with Crippen molar-refractivity contribution in [1.82, 2.24) is 30.1 Å². The number of ketones is 1. The van der Waals surface area contributed by atoms with E-state index in [-0.39, 0.29) is 24.5 Å². The fourth-order valence-electron chi connectivity index (χ4n) is 9.41. The first kappa shape index (κ1) is 47.3. The Morgan fingerprint density at radius 2 is 1.82 bits per heavy atom. The molecule has 3 aliphatic heterocycles. The molecule has 60 heavy (non-hydrogen) atoms. The molecule has 2 aromatic rings. The van der Waals surface area contributed by atoms with Gasteiger partial charge in [0.15, 0.2) is 17.7 Å². The van der Waals surface area contributed by atoms with Gasteiger partial charge in [0.05, 0.1) is 36.7 Å². The minimum absolute atomic E-state index is 0.0730. The van der Waals surface area contributed by atoms with Gasteiger partial charge in [-0.3, -0.25) is 23.6 Å². The first-order valence-electron chi connectivity index (χ1n) is 21.3. The number of carbonyl (C=O) groups is 3. The minimum atomic E-state index is -1.47. The number of esters is 1. The molecule has 0 saturated carbocycles. The molecule has 5 rings (SSSR count). The summed E-state index contributed by atoms with van der Waals surface area (Å²) in [7, 11) is 5.32. The number of amides is 1. The van der Waals surface area contributed by atoms with Crippen LogP contribution in [0.15, 0.2) is 30.5 Å². The summed E-state index contributed by atoms with van der Waals surface area (Å²) in [6.07, 6.45) is -1.29. The molecule has 0 radical (unpaired) electrons. The highest BCUT2D eigenvalue weighted by Gasteiger charge is 2.59. The van der Waals surface area contributed by atoms with Crippen molar-refractivity contribution in [2.24, 2.45) is 17.8 Å². The molecule has 0 bridgehead atoms. The molecule has 4 heterocycles. The lowest BCUT2D eigenvalue weighted by Gasteiger charge is -2.46. The van der Waals surface area contributed by atoms with Crippen LogP contribution in [-0.4, -0.2) is 149 Å². The zero-order chi connectivity index (χ0) is 44.1. The predicted molar refractivity (Wildman–Crippen MR) is 222 cm³/mol. The molecule has 1 amide bonds. The quantitative estimate of drug-likeness (QED) is 0.119. The van der Waals surface area contributed by atoms with Gasteiger partial charge in [0.25, 0.3) is 0 Å². The monoisotopic (exact) mass is 846 g/mol. The number of aromatic nitrogens is 3. The van der Waals surface area contributed by atoms with Crippen LogP contribution in [0.3, 0.4) is 0 Å². The number of hydrogen-bond acceptors (Lipinski definition) is 14. The summed E-state index contributed by atoms with van der Waals surface area (Å²) in [5.41, 5.74) is 5.58. The van der Waals surface area contributed by atoms with E-state index in [2.05, 4.69) is 15.6 Å². The number of carbonyl (C=O) groups excluding carboxylic acids is 3. The van der Waals surface area contributed by atoms with Gasteiger partial charge in [0.2, 0.25) is 0 Å². The van der Waals surface area contributed by atoms with E-state index in [0.29, 0.717) is 56.7 Å². The van der Waals surface area contributed by atoms with E-state index in [1.165, 1.54) is 6.92 Å². The molecule has 336 valence electrons. The predicted octanol–water partition coefficient (Wildman–Crippen LogP) is 4.23. The molecule has 17 heteroatoms. The summed E-state index contributed by atoms with van der Waals surface area (Å²) >= 11 is 0. The summed E-state index contributed by atoms with van der Waals surface area (Å²) in [5.74, 6) is -3.66. The zero-order valence-corrected chi connectivity index (χ0v) is 37.0. The van der Waals surface area contributed by atoms with E-state index in [0.717, 1.165) is 5.56 Å². The fraction of sp³-hybridized carbons (Fsp3) is 0.744. The van der Waals surface area contributed by atoms with Gasteiger partial charge in [-0.15, -0.1) is 5.10 Å². The van der Waals surface area contributed by atoms with Gasteiger partial charge in [-0.1, -0.05) is 31.2 Å². The highest BCUT2D eigenvalue weighted by Crippen LogP contribution is 2.40. The van der Waals surface area contributed by atoms with Crippen LogP contribution < -0.4 is 11.1 Å². The average Bonchev–Trinajstić information content (AvgIpc) is 3.78. The van der Waals surface area contributed by atoms with Gasteiger partial charge in [-0.05, 0) is 99.0 Å². The maximum atomic E-state index is 14.4. The third-order valence-electron chi connectivity index (χ3n) is 12.8. The number of likely N-dealkylation sites (N-methyl/N-ethyl adjacent to an activating group) is 1. The number of anilines is 1. The van der Waals surface area contributed by atoms with E-state index >= 15 is 0 Å². The van der Waals surface area contributed by atoms with Crippen LogP contribution in [0.1, 0.15) is 80.6 Å². The lowest BCUT2D eigenvalue weighted by atomic mass is 9.78. The molecular weight excluding hydrogens is 778 g/mol. The second kappa shape index (κ2) is 20.0. The summed E-state index contributed by atoms with van der Waals surface area (Å²) in [5, 5.41) is 23.6. The van der Waals surface area contributed by atoms with Gasteiger partial charge in [0.1, 0.15) is 23.8 Å². The maximum Gasteiger partial charge on any atom is 0.410 e. The van der Waals surface area contributed by atoms with Crippen LogP contribution in [0.25, 0.3) is 11.3 Å². The van der Waals surface area contributed by atoms with Gasteiger partial charge in [-0.25, -0.2) is 4.79 Å². The number of unbranched alkanes of at least 4 members (excludes halogenated alkanes) is 1. The number of nitrogen functional groups attached to an aromatic ring is 1. The highest BCUT2D eigenvalue weighted by atomic mass is 19.1. The van der Waals surface area contributed by atoms with Crippen LogP contribution in [0.5, 0.6) is 0 Å². The SMILES string of the molecule is CO[C@]1(C)C[C@@H](C)CN[C@H](C)[C@@H]2N(CCCCn3cc(-c4cccc(N)c4)nn3)C(=O)O[C@]2(C)[C@@H](CCF)OC(=O)[C@H](C)C(=O)[C@H](C)[C@H]1O[C@@H]1O[C@H](C)C[C@H](N(C)C)[C@H]1O. The Morgan fingerprint density at radius 1 is 1.10 bits per heavy atom. The molecule has 3 aliphatic rings. The minimum Gasteiger partial charge on any atom is -0.457 e. The molecule has 3 saturated heterocycles. The number of fused-ring (bicyclic) bond motifs is 1. The number of cyclic esters (lactones) is 1. The van der Waals surface area contributed by atoms with Crippen molar-refractivity contribution < 1.29 is 47.6 Å². The van der Waals surface area contributed by atoms with Crippen molar-refractivity contribution in [3.8, 4) is 11.3 Å². The van der Waals surface area contributed by atoms with Gasteiger partial charge >= 0.3 is 12.1 Å². The molecule has 0 spiro atoms. The third kappa shape index (κ3) is 10.5. The Kier molecular flexibility index (Phi) is 15.7. The van der Waals surface area contributed by atoms with Crippen molar-refractivity contribution in [2.45, 2.75) is 147 Å². The molecule has 3 fully saturated rings. The summed E-state index contributed by atoms with van der Waals surface area (Å²) in [6.45, 7) is 13.0. The van der Waals surface area contributed by atoms with Crippen molar-refractivity contribution in [2.75, 3.05) is 46.7 Å². The number of benzene rings is 1. The maximum absolute atomic E-state index is 14.4. The fourth-order valence-corrected chi connectivity index (χ4v) is 9.41. The van der Waals surface area contributed by atoms with E-state index in [1.807, 2.05) is 71.1 Å². The van der Waals surface area contributed by atoms with Gasteiger partial charge in [-0.2, -0.15) is 0 Å². The van der Waals surface area contributed by atoms with Crippen molar-refractivity contribution in [3.63, 3.8) is 0 Å². The molecule has 0 aliphatic carbocycles. The lowest BCUT2D eigenvalue weighted by Crippen LogP contribution is -2.61. The first-order chi connectivity index (χ1) is 28.3. The van der Waals surface area contributed by atoms with Crippen LogP contribution in [-0.2, 0) is 39.8 Å². The van der Waals surface area contributed by atoms with Crippen molar-refractivity contribution >= 4 is 23.5 Å². The summed E-state index contributed by atoms with van der Waals surface area (Å²) in [6, 6.07) is 6.06. The molecule has 13 atom stereocenters. The number of nitrogens with zero attached hydrogens (tertiary/aromatic N) is 5. The number of aliphatic hydroxyl groups excluding tert-OH is 1. The normalized spacial score (nSPS) is 36.0. The number of aliphatic hydroxyl groups is 1. The Balaban J connectivity index is 1.39. The number of alkyl halides is 1. The van der Waals surface area contributed by atoms with Crippen molar-refractivity contribution in [1.29, 1.82) is 0 Å². The topological polar surface area (TPSA) is 193 Å². The largest absolute Gasteiger partial charge is 0.457 e. The van der Waals surface area contributed by atoms with Crippen LogP contribution in [0.2, 0.25) is 0 Å². The van der Waals surface area contributed by atoms with Crippen LogP contribution >= 0.6 is 0 Å². The zero-order valence-electron chi connectivity index (χ0n) is 37.0. The Bertz CT molecular complexity index is 1770. The van der Waals surface area contributed by atoms with Gasteiger partial charge < -0.3 is 44.7 Å². The third-order valence-corrected chi connectivity index (χ3v) is 12.8. The molecular formula is C43H68FN7O9. The molecule has 1 aromatic carbocycles. The second-order valence-electron chi connectivity index (χ2n) is 17.9. The number of methoxy groups -OCH3 is 1. The Hall–Kier alpha value is -3.74. The molecule has 4 N–H and O–H groups in total. The van der Waals surface area contributed by atoms with Crippen LogP contribution in [0.4, 0.5) is 14.9 Å². The number of rotatable bonds is 12. The molecule has 16 nitrogen and oxygen atoms in total. The van der Waals surface area contributed by atoms with E-state index in [1.54, 1.807) is 36.6 Å². The average molecular weight is 846 g/mol. The Labute approximate surface area is 353 Å². The standard InChI is InChI=1S/C43H68FN7O9/c1-25-22-42(6,56-10)38(59-40-36(53)33(49(8)9)20-26(2)57-40)27(3)35(52)28(4)39(54)58-34(16-17-44)43(7)37(29(5)46-23-25)51(41(55)60-43)19-12-11-18-50-24-32(47-48-50)30-14-13-15-31(45)21-30/h13-15,21,24-29,33-34,36-38,40,46,53H,11-12,16-20,22-23,45H2,1-10H3/t25-,26-,27+,28-,29-,33+,34-,36-,37+,38-,40+,42-,43-/m1/s1. The summed E-state index contributed by atoms with van der Waals surface area (Å²) < 4.78 is 47.3. The molecule has 1 aromatic heterocycles.